The van der Waals surface area contributed by atoms with Gasteiger partial charge in [0.2, 0.25) is 0 Å². The van der Waals surface area contributed by atoms with Gasteiger partial charge < -0.3 is 0 Å². The fourth-order valence-electron chi connectivity index (χ4n) is 34.5. The van der Waals surface area contributed by atoms with Crippen molar-refractivity contribution in [2.45, 2.75) is 95.3 Å². The second kappa shape index (κ2) is 0.466. The van der Waals surface area contributed by atoms with Crippen molar-refractivity contribution in [2.75, 3.05) is 0 Å². The molecule has 8 atom stereocenters. The zero-order valence-electron chi connectivity index (χ0n) is 12.1. The summed E-state index contributed by atoms with van der Waals surface area (Å²) in [5.74, 6) is 0. The van der Waals surface area contributed by atoms with Gasteiger partial charge in [-0.25, -0.2) is 0 Å². The van der Waals surface area contributed by atoms with Gasteiger partial charge in [0.15, 0.2) is 0 Å². The maximum atomic E-state index is 1.69. The normalized spacial score (nSPS) is 171. The molecule has 0 saturated carbocycles. The average molecular weight is 402 g/mol. The Morgan fingerprint density at radius 1 is 0.348 bits per heavy atom. The van der Waals surface area contributed by atoms with Gasteiger partial charge in [-0.2, -0.15) is 0 Å². The molecule has 2 spiro atoms. The Morgan fingerprint density at radius 3 is 0.652 bits per heavy atom. The molecule has 0 aliphatic carbocycles. The minimum atomic E-state index is -2.79. The predicted octanol–water partition coefficient (Wildman–Crippen LogP) is 5.05. The van der Waals surface area contributed by atoms with Crippen LogP contribution < -0.4 is 0 Å². The van der Waals surface area contributed by atoms with E-state index in [0.717, 1.165) is 0 Å². The fourth-order valence-corrected chi connectivity index (χ4v) is 189. The Kier molecular flexibility index (Phi) is 0.149. The molecule has 20 rings (SSSR count). The quantitative estimate of drug-likeness (QED) is 0.539. The van der Waals surface area contributed by atoms with E-state index in [4.69, 9.17) is 0 Å². The Balaban J connectivity index is 0.000000840. The molecule has 20 aliphatic rings. The van der Waals surface area contributed by atoms with E-state index in [9.17, 15) is 0 Å². The molecular formula is C20H22Fe2Si. The number of fused-ring (bicyclic) bond motifs is 21. The van der Waals surface area contributed by atoms with Crippen LogP contribution in [0, 0.1) is 0 Å². The van der Waals surface area contributed by atoms with Gasteiger partial charge in [-0.05, 0) is 11.0 Å². The van der Waals surface area contributed by atoms with E-state index < -0.39 is 13.0 Å². The molecule has 20 fully saturated rings. The molecule has 0 aromatic carbocycles. The Bertz CT molecular complexity index is 1660. The third kappa shape index (κ3) is 0.0552. The zero-order valence-corrected chi connectivity index (χ0v) is 14.3. The smallest absolute Gasteiger partial charge is 0.0149 e. The molecule has 23 heavy (non-hydrogen) atoms. The van der Waals surface area contributed by atoms with Gasteiger partial charge in [0.05, 0.1) is 0 Å². The summed E-state index contributed by atoms with van der Waals surface area (Å²) < 4.78 is 2.86. The largest absolute Gasteiger partial charge is 0.0149 e. The Morgan fingerprint density at radius 2 is 0.565 bits per heavy atom. The van der Waals surface area contributed by atoms with E-state index in [1.54, 1.807) is 86.7 Å². The van der Waals surface area contributed by atoms with Gasteiger partial charge in [-0.15, -0.1) is 0 Å². The standard InChI is InChI=1S/C10H8.2C5H5.2Fe.H4Si/c1-2-6-9(5-1)10-7-3-4-8-10;2*1-2-4-5-3-1;;;/h1-8H;2*1-5H;;;1H4. The van der Waals surface area contributed by atoms with Crippen molar-refractivity contribution < 1.29 is 13.0 Å². The summed E-state index contributed by atoms with van der Waals surface area (Å²) in [6, 6.07) is 0. The van der Waals surface area contributed by atoms with Crippen LogP contribution in [0.2, 0.25) is 95.3 Å². The van der Waals surface area contributed by atoms with Gasteiger partial charge >= 0.3 is 108 Å². The molecule has 0 radical (unpaired) electrons. The molecule has 0 aromatic rings. The molecule has 20 saturated heterocycles. The third-order valence-corrected chi connectivity index (χ3v) is 115. The van der Waals surface area contributed by atoms with Gasteiger partial charge in [0, 0.05) is 0 Å². The van der Waals surface area contributed by atoms with Crippen molar-refractivity contribution in [3.8, 4) is 0 Å². The van der Waals surface area contributed by atoms with E-state index >= 15 is 0 Å². The summed E-state index contributed by atoms with van der Waals surface area (Å²) in [5.41, 5.74) is 0. The summed E-state index contributed by atoms with van der Waals surface area (Å²) in [6.07, 6.45) is 0. The van der Waals surface area contributed by atoms with Crippen LogP contribution in [0.4, 0.5) is 0 Å². The van der Waals surface area contributed by atoms with Gasteiger partial charge in [-0.1, -0.05) is 0 Å². The van der Waals surface area contributed by atoms with Crippen LogP contribution in [0.1, 0.15) is 0 Å². The molecule has 20 aliphatic heterocycles. The first-order valence-corrected chi connectivity index (χ1v) is 23.3. The van der Waals surface area contributed by atoms with E-state index in [2.05, 4.69) is 0 Å². The number of rotatable bonds is 1. The molecule has 0 amide bonds. The molecule has 0 bridgehead atoms. The van der Waals surface area contributed by atoms with Crippen LogP contribution in [0.15, 0.2) is 0 Å². The predicted molar refractivity (Wildman–Crippen MR) is 84.2 cm³/mol. The SMILES string of the molecule is [CH]12[CH]3[CH]4[CH]5[CH]1[Fe]23451678[CH]2[CH]1[CH]6[C]7([C]13[CH]4[CH]5[CH]6[CH]1[Fe]5643179%10[CH]3[CH]1[CH]7[CH]9[CH]3%10)[CH]28.[SiH4]. The summed E-state index contributed by atoms with van der Waals surface area (Å²) >= 11 is 0. The van der Waals surface area contributed by atoms with E-state index in [1.807, 2.05) is 0 Å². The van der Waals surface area contributed by atoms with Gasteiger partial charge in [-0.3, -0.25) is 0 Å². The van der Waals surface area contributed by atoms with Crippen LogP contribution >= 0.6 is 0 Å². The molecule has 8 unspecified atom stereocenters. The second-order valence-corrected chi connectivity index (χ2v) is 66.5. The summed E-state index contributed by atoms with van der Waals surface area (Å²) in [5, 5.41) is 0. The maximum Gasteiger partial charge on any atom is -0.0149 e. The van der Waals surface area contributed by atoms with Crippen molar-refractivity contribution in [3.63, 3.8) is 0 Å². The molecule has 20 heterocycles. The van der Waals surface area contributed by atoms with Crippen molar-refractivity contribution in [1.29, 1.82) is 0 Å². The first-order valence-electron chi connectivity index (χ1n) is 10.8. The third-order valence-electron chi connectivity index (χ3n) is 29.9. The van der Waals surface area contributed by atoms with Gasteiger partial charge in [0.25, 0.3) is 0 Å². The van der Waals surface area contributed by atoms with Crippen molar-refractivity contribution in [1.82, 2.24) is 0 Å². The van der Waals surface area contributed by atoms with E-state index in [-0.39, 0.29) is 11.0 Å². The maximum absolute atomic E-state index is 2.79. The first-order chi connectivity index (χ1) is 10.3. The summed E-state index contributed by atoms with van der Waals surface area (Å²) in [7, 11) is 0. The molecule has 3 heteroatoms. The minimum absolute atomic E-state index is 0. The van der Waals surface area contributed by atoms with Crippen molar-refractivity contribution in [2.24, 2.45) is 0 Å². The molecule has 0 nitrogen and oxygen atoms in total. The van der Waals surface area contributed by atoms with Crippen LogP contribution in [-0.4, -0.2) is 11.0 Å². The van der Waals surface area contributed by atoms with Crippen LogP contribution in [0.5, 0.6) is 0 Å². The fraction of sp³-hybridized carbons (Fsp3) is 1.00. The zero-order chi connectivity index (χ0) is 12.0. The van der Waals surface area contributed by atoms with Gasteiger partial charge in [0.1, 0.15) is 0 Å². The molecule has 122 valence electrons. The second-order valence-electron chi connectivity index (χ2n) is 19.4. The van der Waals surface area contributed by atoms with Crippen molar-refractivity contribution in [3.05, 3.63) is 0 Å². The summed E-state index contributed by atoms with van der Waals surface area (Å²) in [4.78, 5) is 29.8. The number of hydrogen-bond acceptors (Lipinski definition) is 0. The Hall–Kier alpha value is 1.26. The Labute approximate surface area is 118 Å². The van der Waals surface area contributed by atoms with Crippen LogP contribution in [0.3, 0.4) is 0 Å². The monoisotopic (exact) mass is 402 g/mol. The number of hydrogen-bond donors (Lipinski definition) is 0. The van der Waals surface area contributed by atoms with Crippen LogP contribution in [-0.2, 0) is 13.0 Å². The minimum Gasteiger partial charge on any atom is -0.0149 e. The average Bonchev–Trinajstić information content (AvgIpc) is 3.44. The first kappa shape index (κ1) is 7.35. The van der Waals surface area contributed by atoms with Crippen molar-refractivity contribution >= 4 is 11.0 Å². The molecule has 0 N–H and O–H groups in total. The molecular weight excluding hydrogens is 380 g/mol. The summed E-state index contributed by atoms with van der Waals surface area (Å²) in [6.45, 7) is -5.57. The van der Waals surface area contributed by atoms with E-state index in [1.165, 1.54) is 8.63 Å². The van der Waals surface area contributed by atoms with Crippen LogP contribution in [0.25, 0.3) is 0 Å². The van der Waals surface area contributed by atoms with E-state index in [0.29, 0.717) is 0 Å². The topological polar surface area (TPSA) is 0 Å². The molecule has 0 aromatic heterocycles.